The SMILES string of the molecule is CCN1CCC(COc2cc3ncnc(-c4ccc(NC(=O)Cc5ccc(C(F)(F)F)cc5)cc4)c3cc2OC)CC1. The van der Waals surface area contributed by atoms with Crippen LogP contribution < -0.4 is 14.8 Å². The van der Waals surface area contributed by atoms with Gasteiger partial charge in [0.05, 0.1) is 36.9 Å². The van der Waals surface area contributed by atoms with E-state index < -0.39 is 11.7 Å². The lowest BCUT2D eigenvalue weighted by atomic mass is 9.98. The Bertz CT molecular complexity index is 1520. The molecule has 42 heavy (non-hydrogen) atoms. The zero-order chi connectivity index (χ0) is 29.7. The molecule has 0 radical (unpaired) electrons. The molecule has 7 nitrogen and oxygen atoms in total. The van der Waals surface area contributed by atoms with Crippen LogP contribution in [0.5, 0.6) is 11.5 Å². The lowest BCUT2D eigenvalue weighted by Crippen LogP contribution is -2.35. The molecule has 0 saturated carbocycles. The molecule has 0 spiro atoms. The standard InChI is InChI=1S/C32H33F3N4O3/c1-3-39-14-12-22(13-15-39)19-42-29-18-27-26(17-28(29)41-2)31(37-20-36-27)23-6-10-25(11-7-23)38-30(40)16-21-4-8-24(9-5-21)32(33,34)35/h4-11,17-18,20,22H,3,12-16,19H2,1-2H3,(H,38,40). The summed E-state index contributed by atoms with van der Waals surface area (Å²) in [4.78, 5) is 23.9. The minimum absolute atomic E-state index is 0.0431. The molecule has 0 atom stereocenters. The van der Waals surface area contributed by atoms with Gasteiger partial charge in [0.2, 0.25) is 5.91 Å². The molecule has 220 valence electrons. The maximum Gasteiger partial charge on any atom is 0.416 e. The van der Waals surface area contributed by atoms with Gasteiger partial charge in [-0.05, 0) is 74.3 Å². The number of carbonyl (C=O) groups excluding carboxylic acids is 1. The zero-order valence-corrected chi connectivity index (χ0v) is 23.6. The number of aromatic nitrogens is 2. The number of hydrogen-bond donors (Lipinski definition) is 1. The molecule has 1 aromatic heterocycles. The van der Waals surface area contributed by atoms with Crippen molar-refractivity contribution in [3.8, 4) is 22.8 Å². The number of methoxy groups -OCH3 is 1. The molecule has 1 aliphatic rings. The van der Waals surface area contributed by atoms with Crippen molar-refractivity contribution in [2.75, 3.05) is 38.7 Å². The van der Waals surface area contributed by atoms with Crippen LogP contribution >= 0.6 is 0 Å². The zero-order valence-electron chi connectivity index (χ0n) is 23.6. The van der Waals surface area contributed by atoms with Gasteiger partial charge in [-0.2, -0.15) is 13.2 Å². The third kappa shape index (κ3) is 6.99. The molecular weight excluding hydrogens is 545 g/mol. The molecule has 0 bridgehead atoms. The predicted molar refractivity (Wildman–Crippen MR) is 156 cm³/mol. The Hall–Kier alpha value is -4.18. The largest absolute Gasteiger partial charge is 0.493 e. The minimum Gasteiger partial charge on any atom is -0.493 e. The normalized spacial score (nSPS) is 14.6. The number of anilines is 1. The average Bonchev–Trinajstić information content (AvgIpc) is 2.99. The molecule has 2 heterocycles. The van der Waals surface area contributed by atoms with E-state index in [-0.39, 0.29) is 12.3 Å². The molecule has 1 N–H and O–H groups in total. The molecule has 3 aromatic carbocycles. The number of nitrogens with zero attached hydrogens (tertiary/aromatic N) is 3. The van der Waals surface area contributed by atoms with Gasteiger partial charge in [-0.1, -0.05) is 31.2 Å². The molecule has 10 heteroatoms. The summed E-state index contributed by atoms with van der Waals surface area (Å²) in [6, 6.07) is 15.5. The highest BCUT2D eigenvalue weighted by atomic mass is 19.4. The summed E-state index contributed by atoms with van der Waals surface area (Å²) in [6.45, 7) is 6.09. The number of fused-ring (bicyclic) bond motifs is 1. The van der Waals surface area contributed by atoms with E-state index in [1.165, 1.54) is 18.5 Å². The van der Waals surface area contributed by atoms with E-state index in [0.717, 1.165) is 61.1 Å². The molecule has 4 aromatic rings. The third-order valence-corrected chi connectivity index (χ3v) is 7.64. The third-order valence-electron chi connectivity index (χ3n) is 7.64. The molecule has 1 saturated heterocycles. The van der Waals surface area contributed by atoms with E-state index in [4.69, 9.17) is 9.47 Å². The van der Waals surface area contributed by atoms with Crippen LogP contribution in [-0.2, 0) is 17.4 Å². The summed E-state index contributed by atoms with van der Waals surface area (Å²) in [5.41, 5.74) is 2.56. The Morgan fingerprint density at radius 3 is 2.36 bits per heavy atom. The number of benzene rings is 3. The van der Waals surface area contributed by atoms with Crippen LogP contribution in [0.2, 0.25) is 0 Å². The Kier molecular flexibility index (Phi) is 8.91. The lowest BCUT2D eigenvalue weighted by Gasteiger charge is -2.30. The van der Waals surface area contributed by atoms with Crippen molar-refractivity contribution >= 4 is 22.5 Å². The fraction of sp³-hybridized carbons (Fsp3) is 0.344. The first-order valence-electron chi connectivity index (χ1n) is 14.0. The van der Waals surface area contributed by atoms with E-state index in [1.54, 1.807) is 19.2 Å². The Morgan fingerprint density at radius 1 is 1.00 bits per heavy atom. The van der Waals surface area contributed by atoms with Gasteiger partial charge in [0.1, 0.15) is 6.33 Å². The van der Waals surface area contributed by atoms with Crippen LogP contribution in [-0.4, -0.2) is 54.1 Å². The maximum absolute atomic E-state index is 12.8. The Balaban J connectivity index is 1.26. The van der Waals surface area contributed by atoms with Crippen LogP contribution in [0.4, 0.5) is 18.9 Å². The fourth-order valence-electron chi connectivity index (χ4n) is 5.16. The number of carbonyl (C=O) groups is 1. The van der Waals surface area contributed by atoms with Crippen molar-refractivity contribution in [3.63, 3.8) is 0 Å². The smallest absolute Gasteiger partial charge is 0.416 e. The van der Waals surface area contributed by atoms with Crippen LogP contribution in [0.1, 0.15) is 30.9 Å². The second-order valence-corrected chi connectivity index (χ2v) is 10.4. The number of amides is 1. The Morgan fingerprint density at radius 2 is 1.71 bits per heavy atom. The molecule has 1 amide bonds. The van der Waals surface area contributed by atoms with Crippen molar-refractivity contribution in [1.82, 2.24) is 14.9 Å². The minimum atomic E-state index is -4.41. The maximum atomic E-state index is 12.8. The quantitative estimate of drug-likeness (QED) is 0.241. The summed E-state index contributed by atoms with van der Waals surface area (Å²) in [7, 11) is 1.61. The molecule has 1 aliphatic heterocycles. The molecule has 5 rings (SSSR count). The number of hydrogen-bond acceptors (Lipinski definition) is 6. The molecular formula is C32H33F3N4O3. The van der Waals surface area contributed by atoms with Crippen LogP contribution in [0.3, 0.4) is 0 Å². The highest BCUT2D eigenvalue weighted by molar-refractivity contribution is 5.95. The highest BCUT2D eigenvalue weighted by Gasteiger charge is 2.30. The molecule has 0 unspecified atom stereocenters. The van der Waals surface area contributed by atoms with Crippen molar-refractivity contribution in [2.24, 2.45) is 5.92 Å². The second kappa shape index (κ2) is 12.8. The monoisotopic (exact) mass is 578 g/mol. The number of halogens is 3. The van der Waals surface area contributed by atoms with Crippen LogP contribution in [0.25, 0.3) is 22.2 Å². The predicted octanol–water partition coefficient (Wildman–Crippen LogP) is 6.62. The highest BCUT2D eigenvalue weighted by Crippen LogP contribution is 2.36. The van der Waals surface area contributed by atoms with Crippen molar-refractivity contribution < 1.29 is 27.4 Å². The van der Waals surface area contributed by atoms with Crippen LogP contribution in [0.15, 0.2) is 67.0 Å². The van der Waals surface area contributed by atoms with Gasteiger partial charge < -0.3 is 19.7 Å². The summed E-state index contributed by atoms with van der Waals surface area (Å²) >= 11 is 0. The summed E-state index contributed by atoms with van der Waals surface area (Å²) < 4.78 is 50.2. The van der Waals surface area contributed by atoms with E-state index in [2.05, 4.69) is 27.1 Å². The lowest BCUT2D eigenvalue weighted by molar-refractivity contribution is -0.137. The number of likely N-dealkylation sites (tertiary alicyclic amines) is 1. The number of ether oxygens (including phenoxy) is 2. The van der Waals surface area contributed by atoms with E-state index in [9.17, 15) is 18.0 Å². The second-order valence-electron chi connectivity index (χ2n) is 10.4. The first-order valence-corrected chi connectivity index (χ1v) is 14.0. The van der Waals surface area contributed by atoms with Gasteiger partial charge in [-0.25, -0.2) is 9.97 Å². The van der Waals surface area contributed by atoms with Gasteiger partial charge in [0.25, 0.3) is 0 Å². The molecule has 0 aliphatic carbocycles. The number of rotatable bonds is 9. The Labute approximate surface area is 242 Å². The van der Waals surface area contributed by atoms with Crippen molar-refractivity contribution in [3.05, 3.63) is 78.1 Å². The van der Waals surface area contributed by atoms with Crippen LogP contribution in [0, 0.1) is 5.92 Å². The summed E-state index contributed by atoms with van der Waals surface area (Å²) in [5.74, 6) is 1.43. The average molecular weight is 579 g/mol. The number of nitrogens with one attached hydrogen (secondary N) is 1. The van der Waals surface area contributed by atoms with Gasteiger partial charge >= 0.3 is 6.18 Å². The van der Waals surface area contributed by atoms with Gasteiger partial charge in [0.15, 0.2) is 11.5 Å². The first-order chi connectivity index (χ1) is 20.2. The number of piperidine rings is 1. The van der Waals surface area contributed by atoms with Gasteiger partial charge in [-0.15, -0.1) is 0 Å². The number of alkyl halides is 3. The van der Waals surface area contributed by atoms with E-state index in [0.29, 0.717) is 41.0 Å². The van der Waals surface area contributed by atoms with Crippen molar-refractivity contribution in [2.45, 2.75) is 32.4 Å². The summed E-state index contributed by atoms with van der Waals surface area (Å²) in [5, 5.41) is 3.59. The summed E-state index contributed by atoms with van der Waals surface area (Å²) in [6.07, 6.45) is -0.722. The van der Waals surface area contributed by atoms with E-state index in [1.807, 2.05) is 24.3 Å². The first kappa shape index (κ1) is 29.3. The topological polar surface area (TPSA) is 76.6 Å². The van der Waals surface area contributed by atoms with Crippen molar-refractivity contribution in [1.29, 1.82) is 0 Å². The fourth-order valence-corrected chi connectivity index (χ4v) is 5.16. The van der Waals surface area contributed by atoms with Gasteiger partial charge in [-0.3, -0.25) is 4.79 Å². The van der Waals surface area contributed by atoms with Gasteiger partial charge in [0, 0.05) is 22.7 Å². The van der Waals surface area contributed by atoms with E-state index >= 15 is 0 Å². The molecule has 1 fully saturated rings.